The summed E-state index contributed by atoms with van der Waals surface area (Å²) in [5, 5.41) is 2.76. The average Bonchev–Trinajstić information content (AvgIpc) is 2.35. The number of halogens is 2. The molecule has 1 atom stereocenters. The van der Waals surface area contributed by atoms with Crippen LogP contribution in [-0.2, 0) is 13.8 Å². The molecule has 1 aromatic carbocycles. The number of rotatable bonds is 6. The van der Waals surface area contributed by atoms with Gasteiger partial charge in [0.15, 0.2) is 0 Å². The number of hydrogen-bond acceptors (Lipinski definition) is 4. The van der Waals surface area contributed by atoms with Gasteiger partial charge in [0.2, 0.25) is 0 Å². The van der Waals surface area contributed by atoms with Gasteiger partial charge >= 0.3 is 0 Å². The van der Waals surface area contributed by atoms with Crippen molar-refractivity contribution in [1.29, 1.82) is 0 Å². The van der Waals surface area contributed by atoms with Crippen LogP contribution in [0.5, 0.6) is 0 Å². The maximum absolute atomic E-state index is 12.1. The van der Waals surface area contributed by atoms with Crippen LogP contribution >= 0.6 is 26.6 Å². The molecule has 0 saturated carbocycles. The number of methoxy groups -OCH3 is 1. The van der Waals surface area contributed by atoms with E-state index in [4.69, 9.17) is 15.4 Å². The zero-order chi connectivity index (χ0) is 15.3. The predicted molar refractivity (Wildman–Crippen MR) is 80.6 cm³/mol. The molecule has 0 aliphatic carbocycles. The van der Waals surface area contributed by atoms with E-state index < -0.39 is 9.05 Å². The molecule has 0 heterocycles. The Hall–Kier alpha value is -0.630. The normalized spacial score (nSPS) is 13.0. The van der Waals surface area contributed by atoms with Crippen LogP contribution in [0.15, 0.2) is 27.6 Å². The molecule has 0 spiro atoms. The molecule has 0 aromatic heterocycles. The minimum Gasteiger partial charge on any atom is -0.385 e. The van der Waals surface area contributed by atoms with Crippen molar-refractivity contribution in [2.75, 3.05) is 13.7 Å². The molecule has 8 heteroatoms. The van der Waals surface area contributed by atoms with Crippen LogP contribution in [0.3, 0.4) is 0 Å². The molecule has 0 fully saturated rings. The Bertz CT molecular complexity index is 591. The number of ether oxygens (including phenoxy) is 1. The van der Waals surface area contributed by atoms with Crippen molar-refractivity contribution in [2.45, 2.75) is 24.3 Å². The molecule has 5 nitrogen and oxygen atoms in total. The third-order valence-corrected chi connectivity index (χ3v) is 4.64. The first-order chi connectivity index (χ1) is 9.25. The van der Waals surface area contributed by atoms with Crippen molar-refractivity contribution in [2.24, 2.45) is 0 Å². The zero-order valence-electron chi connectivity index (χ0n) is 11.0. The number of nitrogens with one attached hydrogen (secondary N) is 1. The lowest BCUT2D eigenvalue weighted by atomic mass is 10.2. The van der Waals surface area contributed by atoms with Crippen LogP contribution in [0.2, 0.25) is 0 Å². The summed E-state index contributed by atoms with van der Waals surface area (Å²) in [4.78, 5) is 12.0. The van der Waals surface area contributed by atoms with Gasteiger partial charge in [-0.25, -0.2) is 8.42 Å². The van der Waals surface area contributed by atoms with Gasteiger partial charge in [0, 0.05) is 34.9 Å². The quantitative estimate of drug-likeness (QED) is 0.765. The predicted octanol–water partition coefficient (Wildman–Crippen LogP) is 2.53. The second kappa shape index (κ2) is 7.40. The van der Waals surface area contributed by atoms with Gasteiger partial charge in [0.25, 0.3) is 15.0 Å². The summed E-state index contributed by atoms with van der Waals surface area (Å²) >= 11 is 3.22. The second-order valence-corrected chi connectivity index (χ2v) is 7.66. The van der Waals surface area contributed by atoms with Crippen LogP contribution in [0.4, 0.5) is 0 Å². The Morgan fingerprint density at radius 3 is 2.70 bits per heavy atom. The second-order valence-electron chi connectivity index (χ2n) is 4.24. The van der Waals surface area contributed by atoms with Crippen LogP contribution < -0.4 is 5.32 Å². The summed E-state index contributed by atoms with van der Waals surface area (Å²) in [7, 11) is 2.99. The molecule has 1 N–H and O–H groups in total. The van der Waals surface area contributed by atoms with E-state index in [0.717, 1.165) is 0 Å². The van der Waals surface area contributed by atoms with Gasteiger partial charge in [-0.1, -0.05) is 0 Å². The van der Waals surface area contributed by atoms with E-state index in [9.17, 15) is 13.2 Å². The van der Waals surface area contributed by atoms with Gasteiger partial charge in [-0.05, 0) is 47.5 Å². The lowest BCUT2D eigenvalue weighted by Crippen LogP contribution is -2.33. The lowest BCUT2D eigenvalue weighted by Gasteiger charge is -2.14. The highest BCUT2D eigenvalue weighted by molar-refractivity contribution is 9.10. The van der Waals surface area contributed by atoms with E-state index in [-0.39, 0.29) is 22.4 Å². The number of benzene rings is 1. The molecule has 0 bridgehead atoms. The third kappa shape index (κ3) is 5.05. The van der Waals surface area contributed by atoms with Gasteiger partial charge in [0.05, 0.1) is 10.5 Å². The SMILES string of the molecule is COCCC(C)NC(=O)c1cc(S(=O)(=O)Cl)ccc1Br. The van der Waals surface area contributed by atoms with Gasteiger partial charge in [-0.3, -0.25) is 4.79 Å². The van der Waals surface area contributed by atoms with Gasteiger partial charge in [-0.2, -0.15) is 0 Å². The first-order valence-electron chi connectivity index (χ1n) is 5.79. The molecule has 20 heavy (non-hydrogen) atoms. The molecule has 1 rings (SSSR count). The Morgan fingerprint density at radius 1 is 1.50 bits per heavy atom. The van der Waals surface area contributed by atoms with Crippen molar-refractivity contribution < 1.29 is 17.9 Å². The summed E-state index contributed by atoms with van der Waals surface area (Å²) in [6, 6.07) is 3.96. The van der Waals surface area contributed by atoms with Crippen molar-refractivity contribution in [3.05, 3.63) is 28.2 Å². The van der Waals surface area contributed by atoms with Gasteiger partial charge in [0.1, 0.15) is 0 Å². The Balaban J connectivity index is 2.93. The van der Waals surface area contributed by atoms with Crippen LogP contribution in [0, 0.1) is 0 Å². The van der Waals surface area contributed by atoms with E-state index in [1.165, 1.54) is 18.2 Å². The maximum atomic E-state index is 12.1. The van der Waals surface area contributed by atoms with Gasteiger partial charge < -0.3 is 10.1 Å². The van der Waals surface area contributed by atoms with Crippen molar-refractivity contribution in [1.82, 2.24) is 5.32 Å². The maximum Gasteiger partial charge on any atom is 0.261 e. The van der Waals surface area contributed by atoms with Crippen molar-refractivity contribution >= 4 is 41.6 Å². The Kier molecular flexibility index (Phi) is 6.44. The molecule has 1 aromatic rings. The summed E-state index contributed by atoms with van der Waals surface area (Å²) < 4.78 is 28.0. The molecule has 1 unspecified atom stereocenters. The van der Waals surface area contributed by atoms with Crippen LogP contribution in [-0.4, -0.2) is 34.1 Å². The molecule has 112 valence electrons. The molecule has 0 aliphatic heterocycles. The summed E-state index contributed by atoms with van der Waals surface area (Å²) in [5.74, 6) is -0.373. The molecule has 1 amide bonds. The van der Waals surface area contributed by atoms with E-state index >= 15 is 0 Å². The Morgan fingerprint density at radius 2 is 2.15 bits per heavy atom. The fourth-order valence-corrected chi connectivity index (χ4v) is 2.70. The largest absolute Gasteiger partial charge is 0.385 e. The first-order valence-corrected chi connectivity index (χ1v) is 8.90. The molecule has 0 saturated heterocycles. The summed E-state index contributed by atoms with van der Waals surface area (Å²) in [6.45, 7) is 2.37. The summed E-state index contributed by atoms with van der Waals surface area (Å²) in [6.07, 6.45) is 0.660. The Labute approximate surface area is 131 Å². The van der Waals surface area contributed by atoms with Crippen LogP contribution in [0.1, 0.15) is 23.7 Å². The number of carbonyl (C=O) groups is 1. The molecule has 0 radical (unpaired) electrons. The smallest absolute Gasteiger partial charge is 0.261 e. The third-order valence-electron chi connectivity index (χ3n) is 2.60. The highest BCUT2D eigenvalue weighted by Crippen LogP contribution is 2.23. The lowest BCUT2D eigenvalue weighted by molar-refractivity contribution is 0.0928. The topological polar surface area (TPSA) is 72.5 Å². The number of amides is 1. The molecule has 0 aliphatic rings. The first kappa shape index (κ1) is 17.4. The van der Waals surface area contributed by atoms with Crippen molar-refractivity contribution in [3.63, 3.8) is 0 Å². The molecular formula is C12H15BrClNO4S. The monoisotopic (exact) mass is 383 g/mol. The van der Waals surface area contributed by atoms with Crippen LogP contribution in [0.25, 0.3) is 0 Å². The fraction of sp³-hybridized carbons (Fsp3) is 0.417. The minimum absolute atomic E-state index is 0.0920. The zero-order valence-corrected chi connectivity index (χ0v) is 14.2. The van der Waals surface area contributed by atoms with E-state index in [1.54, 1.807) is 7.11 Å². The van der Waals surface area contributed by atoms with E-state index in [2.05, 4.69) is 21.2 Å². The standard InChI is InChI=1S/C12H15BrClNO4S/c1-8(5-6-19-2)15-12(16)10-7-9(20(14,17)18)3-4-11(10)13/h3-4,7-8H,5-6H2,1-2H3,(H,15,16). The van der Waals surface area contributed by atoms with E-state index in [1.807, 2.05) is 6.92 Å². The average molecular weight is 385 g/mol. The number of hydrogen-bond donors (Lipinski definition) is 1. The van der Waals surface area contributed by atoms with Gasteiger partial charge in [-0.15, -0.1) is 0 Å². The number of carbonyl (C=O) groups excluding carboxylic acids is 1. The highest BCUT2D eigenvalue weighted by Gasteiger charge is 2.17. The highest BCUT2D eigenvalue weighted by atomic mass is 79.9. The molecular weight excluding hydrogens is 370 g/mol. The minimum atomic E-state index is -3.87. The van der Waals surface area contributed by atoms with Crippen molar-refractivity contribution in [3.8, 4) is 0 Å². The summed E-state index contributed by atoms with van der Waals surface area (Å²) in [5.41, 5.74) is 0.219. The van der Waals surface area contributed by atoms with E-state index in [0.29, 0.717) is 17.5 Å². The fourth-order valence-electron chi connectivity index (χ4n) is 1.50.